The van der Waals surface area contributed by atoms with Crippen molar-refractivity contribution >= 4 is 19.1 Å². The molecule has 0 N–H and O–H groups in total. The quantitative estimate of drug-likeness (QED) is 0.664. The van der Waals surface area contributed by atoms with Gasteiger partial charge in [0.05, 0.1) is 0 Å². The van der Waals surface area contributed by atoms with Crippen molar-refractivity contribution in [2.45, 2.75) is 46.0 Å². The molecule has 0 aromatic heterocycles. The summed E-state index contributed by atoms with van der Waals surface area (Å²) < 4.78 is 0. The van der Waals surface area contributed by atoms with E-state index in [1.165, 1.54) is 16.6 Å². The number of aryl methyl sites for hydroxylation is 2. The van der Waals surface area contributed by atoms with Gasteiger partial charge in [0.1, 0.15) is 13.6 Å². The van der Waals surface area contributed by atoms with Gasteiger partial charge in [-0.15, -0.1) is 0 Å². The summed E-state index contributed by atoms with van der Waals surface area (Å²) in [5.74, 6) is 0.410. The van der Waals surface area contributed by atoms with Gasteiger partial charge in [0.25, 0.3) is 0 Å². The summed E-state index contributed by atoms with van der Waals surface area (Å²) >= 11 is 0. The maximum absolute atomic E-state index is 11.4. The molecule has 2 heteroatoms. The SMILES string of the molecule is Bc1ccc(C)c(CCCC(=O)CCC)c1. The monoisotopic (exact) mass is 216 g/mol. The molecule has 0 amide bonds. The van der Waals surface area contributed by atoms with Gasteiger partial charge >= 0.3 is 0 Å². The second-order valence-electron chi connectivity index (χ2n) is 4.57. The number of carbonyl (C=O) groups excluding carboxylic acids is 1. The van der Waals surface area contributed by atoms with Crippen molar-refractivity contribution in [1.29, 1.82) is 0 Å². The van der Waals surface area contributed by atoms with Crippen LogP contribution < -0.4 is 5.46 Å². The molecule has 1 aromatic rings. The minimum Gasteiger partial charge on any atom is -0.300 e. The first-order chi connectivity index (χ1) is 7.63. The van der Waals surface area contributed by atoms with Crippen molar-refractivity contribution in [3.63, 3.8) is 0 Å². The molecule has 0 radical (unpaired) electrons. The van der Waals surface area contributed by atoms with Crippen molar-refractivity contribution in [3.05, 3.63) is 29.3 Å². The van der Waals surface area contributed by atoms with Gasteiger partial charge in [0.15, 0.2) is 0 Å². The minimum absolute atomic E-state index is 0.410. The molecule has 0 unspecified atom stereocenters. The molecule has 0 fully saturated rings. The maximum atomic E-state index is 11.4. The molecule has 0 bridgehead atoms. The fraction of sp³-hybridized carbons (Fsp3) is 0.500. The van der Waals surface area contributed by atoms with E-state index in [2.05, 4.69) is 39.9 Å². The number of ketones is 1. The summed E-state index contributed by atoms with van der Waals surface area (Å²) in [4.78, 5) is 11.4. The van der Waals surface area contributed by atoms with Gasteiger partial charge in [0.2, 0.25) is 0 Å². The van der Waals surface area contributed by atoms with Crippen molar-refractivity contribution in [3.8, 4) is 0 Å². The minimum atomic E-state index is 0.410. The van der Waals surface area contributed by atoms with Gasteiger partial charge in [-0.3, -0.25) is 4.79 Å². The van der Waals surface area contributed by atoms with Crippen LogP contribution in [0.4, 0.5) is 0 Å². The Morgan fingerprint density at radius 3 is 2.75 bits per heavy atom. The molecular weight excluding hydrogens is 195 g/mol. The molecule has 1 aromatic carbocycles. The third kappa shape index (κ3) is 4.22. The number of benzene rings is 1. The second kappa shape index (κ2) is 6.52. The second-order valence-corrected chi connectivity index (χ2v) is 4.57. The third-order valence-electron chi connectivity index (χ3n) is 2.94. The number of hydrogen-bond donors (Lipinski definition) is 0. The Labute approximate surface area is 99.7 Å². The zero-order valence-corrected chi connectivity index (χ0v) is 10.7. The summed E-state index contributed by atoms with van der Waals surface area (Å²) in [7, 11) is 2.12. The van der Waals surface area contributed by atoms with Crippen molar-refractivity contribution < 1.29 is 4.79 Å². The average Bonchev–Trinajstić information content (AvgIpc) is 2.23. The van der Waals surface area contributed by atoms with Crippen LogP contribution in [0, 0.1) is 6.92 Å². The van der Waals surface area contributed by atoms with Gasteiger partial charge in [0, 0.05) is 12.8 Å². The van der Waals surface area contributed by atoms with Crippen LogP contribution in [0.15, 0.2) is 18.2 Å². The molecule has 0 spiro atoms. The predicted octanol–water partition coefficient (Wildman–Crippen LogP) is 1.95. The molecule has 0 heterocycles. The molecule has 0 saturated carbocycles. The number of hydrogen-bond acceptors (Lipinski definition) is 1. The van der Waals surface area contributed by atoms with E-state index in [0.717, 1.165) is 32.1 Å². The number of rotatable bonds is 6. The van der Waals surface area contributed by atoms with Crippen molar-refractivity contribution in [2.75, 3.05) is 0 Å². The van der Waals surface area contributed by atoms with Gasteiger partial charge in [-0.2, -0.15) is 0 Å². The van der Waals surface area contributed by atoms with Crippen molar-refractivity contribution in [2.24, 2.45) is 0 Å². The van der Waals surface area contributed by atoms with E-state index in [9.17, 15) is 4.79 Å². The third-order valence-corrected chi connectivity index (χ3v) is 2.94. The lowest BCUT2D eigenvalue weighted by molar-refractivity contribution is -0.119. The van der Waals surface area contributed by atoms with E-state index in [1.54, 1.807) is 0 Å². The van der Waals surface area contributed by atoms with Crippen LogP contribution in [0.2, 0.25) is 0 Å². The maximum Gasteiger partial charge on any atom is 0.139 e. The van der Waals surface area contributed by atoms with Crippen LogP contribution in [0.1, 0.15) is 43.7 Å². The first kappa shape index (κ1) is 13.0. The summed E-state index contributed by atoms with van der Waals surface area (Å²) in [6.07, 6.45) is 4.47. The summed E-state index contributed by atoms with van der Waals surface area (Å²) in [6.45, 7) is 4.20. The summed E-state index contributed by atoms with van der Waals surface area (Å²) in [5, 5.41) is 0. The van der Waals surface area contributed by atoms with Gasteiger partial charge < -0.3 is 0 Å². The lowest BCUT2D eigenvalue weighted by Crippen LogP contribution is -2.05. The Hall–Kier alpha value is -1.05. The highest BCUT2D eigenvalue weighted by molar-refractivity contribution is 6.32. The van der Waals surface area contributed by atoms with E-state index in [-0.39, 0.29) is 0 Å². The molecular formula is C14H21BO. The Bertz CT molecular complexity index is 358. The van der Waals surface area contributed by atoms with Crippen LogP contribution in [0.25, 0.3) is 0 Å². The topological polar surface area (TPSA) is 17.1 Å². The molecule has 1 nitrogen and oxygen atoms in total. The lowest BCUT2D eigenvalue weighted by Gasteiger charge is -2.06. The lowest BCUT2D eigenvalue weighted by atomic mass is 9.90. The zero-order chi connectivity index (χ0) is 12.0. The van der Waals surface area contributed by atoms with Crippen LogP contribution in [-0.4, -0.2) is 13.6 Å². The zero-order valence-electron chi connectivity index (χ0n) is 10.7. The molecule has 86 valence electrons. The van der Waals surface area contributed by atoms with Gasteiger partial charge in [-0.1, -0.05) is 30.6 Å². The highest BCUT2D eigenvalue weighted by Gasteiger charge is 2.02. The summed E-state index contributed by atoms with van der Waals surface area (Å²) in [5.41, 5.74) is 4.04. The Kier molecular flexibility index (Phi) is 5.31. The van der Waals surface area contributed by atoms with Crippen LogP contribution >= 0.6 is 0 Å². The van der Waals surface area contributed by atoms with Crippen LogP contribution in [-0.2, 0) is 11.2 Å². The molecule has 0 aliphatic rings. The number of Topliss-reactive ketones (excluding diaryl/α,β-unsaturated/α-hetero) is 1. The average molecular weight is 216 g/mol. The highest BCUT2D eigenvalue weighted by atomic mass is 16.1. The standard InChI is InChI=1S/C14H21BO/c1-3-5-14(16)7-4-6-12-10-13(15)9-8-11(12)2/h8-10H,3-7,15H2,1-2H3. The summed E-state index contributed by atoms with van der Waals surface area (Å²) in [6, 6.07) is 6.54. The first-order valence-corrected chi connectivity index (χ1v) is 6.21. The Balaban J connectivity index is 2.42. The Morgan fingerprint density at radius 1 is 1.31 bits per heavy atom. The fourth-order valence-corrected chi connectivity index (χ4v) is 1.95. The van der Waals surface area contributed by atoms with Crippen LogP contribution in [0.3, 0.4) is 0 Å². The molecule has 0 saturated heterocycles. The van der Waals surface area contributed by atoms with Gasteiger partial charge in [-0.05, 0) is 37.3 Å². The molecule has 0 aliphatic carbocycles. The van der Waals surface area contributed by atoms with E-state index in [0.29, 0.717) is 5.78 Å². The largest absolute Gasteiger partial charge is 0.300 e. The molecule has 16 heavy (non-hydrogen) atoms. The smallest absolute Gasteiger partial charge is 0.139 e. The first-order valence-electron chi connectivity index (χ1n) is 6.21. The van der Waals surface area contributed by atoms with E-state index in [4.69, 9.17) is 0 Å². The highest BCUT2D eigenvalue weighted by Crippen LogP contribution is 2.10. The van der Waals surface area contributed by atoms with Crippen LogP contribution in [0.5, 0.6) is 0 Å². The number of carbonyl (C=O) groups is 1. The molecule has 1 rings (SSSR count). The van der Waals surface area contributed by atoms with Crippen molar-refractivity contribution in [1.82, 2.24) is 0 Å². The molecule has 0 aliphatic heterocycles. The predicted molar refractivity (Wildman–Crippen MR) is 72.2 cm³/mol. The van der Waals surface area contributed by atoms with E-state index >= 15 is 0 Å². The van der Waals surface area contributed by atoms with E-state index < -0.39 is 0 Å². The van der Waals surface area contributed by atoms with E-state index in [1.807, 2.05) is 0 Å². The Morgan fingerprint density at radius 2 is 2.06 bits per heavy atom. The fourth-order valence-electron chi connectivity index (χ4n) is 1.95. The van der Waals surface area contributed by atoms with Gasteiger partial charge in [-0.25, -0.2) is 0 Å². The molecule has 0 atom stereocenters. The normalized spacial score (nSPS) is 10.4.